The van der Waals surface area contributed by atoms with E-state index in [2.05, 4.69) is 5.32 Å². The summed E-state index contributed by atoms with van der Waals surface area (Å²) in [5.74, 6) is -0.106. The Kier molecular flexibility index (Phi) is 9.92. The number of rotatable bonds is 11. The zero-order valence-electron chi connectivity index (χ0n) is 22.7. The summed E-state index contributed by atoms with van der Waals surface area (Å²) in [7, 11) is -7.68. The Bertz CT molecular complexity index is 1570. The molecule has 220 valence electrons. The van der Waals surface area contributed by atoms with Crippen LogP contribution in [0.2, 0.25) is 5.02 Å². The molecule has 0 saturated carbocycles. The maximum atomic E-state index is 13.5. The topological polar surface area (TPSA) is 122 Å². The van der Waals surface area contributed by atoms with Gasteiger partial charge in [-0.1, -0.05) is 35.4 Å². The molecule has 0 unspecified atom stereocenters. The van der Waals surface area contributed by atoms with Gasteiger partial charge in [-0.3, -0.25) is 9.10 Å². The third-order valence-electron chi connectivity index (χ3n) is 6.46. The molecule has 0 aromatic heterocycles. The van der Waals surface area contributed by atoms with Crippen LogP contribution in [0.25, 0.3) is 0 Å². The highest BCUT2D eigenvalue weighted by Gasteiger charge is 2.28. The minimum atomic E-state index is -4.07. The van der Waals surface area contributed by atoms with Gasteiger partial charge in [0.05, 0.1) is 35.2 Å². The molecule has 0 radical (unpaired) electrons. The minimum Gasteiger partial charge on any atom is -0.492 e. The van der Waals surface area contributed by atoms with Gasteiger partial charge in [0.1, 0.15) is 18.9 Å². The summed E-state index contributed by atoms with van der Waals surface area (Å²) in [5.41, 5.74) is 1.94. The Morgan fingerprint density at radius 1 is 0.951 bits per heavy atom. The van der Waals surface area contributed by atoms with Crippen LogP contribution in [0.15, 0.2) is 76.5 Å². The molecule has 1 heterocycles. The van der Waals surface area contributed by atoms with Crippen LogP contribution in [0.5, 0.6) is 5.75 Å². The zero-order chi connectivity index (χ0) is 29.6. The predicted octanol–water partition coefficient (Wildman–Crippen LogP) is 3.37. The lowest BCUT2D eigenvalue weighted by molar-refractivity contribution is -0.119. The van der Waals surface area contributed by atoms with Crippen molar-refractivity contribution in [1.29, 1.82) is 0 Å². The normalized spacial score (nSPS) is 14.4. The summed E-state index contributed by atoms with van der Waals surface area (Å²) >= 11 is 6.27. The molecule has 0 aliphatic carbocycles. The van der Waals surface area contributed by atoms with E-state index in [0.29, 0.717) is 37.1 Å². The molecule has 1 N–H and O–H groups in total. The lowest BCUT2D eigenvalue weighted by Gasteiger charge is -2.26. The molecule has 13 heteroatoms. The quantitative estimate of drug-likeness (QED) is 0.326. The number of aryl methyl sites for hydroxylation is 2. The highest BCUT2D eigenvalue weighted by molar-refractivity contribution is 7.92. The molecule has 0 spiro atoms. The van der Waals surface area contributed by atoms with Crippen molar-refractivity contribution in [3.8, 4) is 5.75 Å². The average molecular weight is 622 g/mol. The van der Waals surface area contributed by atoms with Crippen LogP contribution >= 0.6 is 11.6 Å². The summed E-state index contributed by atoms with van der Waals surface area (Å²) in [6.45, 7) is 4.70. The highest BCUT2D eigenvalue weighted by atomic mass is 35.5. The van der Waals surface area contributed by atoms with E-state index in [0.717, 1.165) is 15.4 Å². The fourth-order valence-corrected chi connectivity index (χ4v) is 7.07. The molecule has 0 bridgehead atoms. The van der Waals surface area contributed by atoms with E-state index in [-0.39, 0.29) is 28.6 Å². The smallest absolute Gasteiger partial charge is 0.264 e. The third kappa shape index (κ3) is 7.57. The standard InChI is InChI=1S/C28H32ClN3O7S2/c1-21-3-9-26(10-4-21)41(36,37)32(23-6-5-22(2)27(29)19-23)20-28(33)30-13-16-39-24-7-11-25(12-8-24)40(34,35)31-14-17-38-18-15-31/h3-12,19H,13-18,20H2,1-2H3,(H,30,33). The fourth-order valence-electron chi connectivity index (χ4n) is 4.08. The van der Waals surface area contributed by atoms with Gasteiger partial charge in [-0.15, -0.1) is 0 Å². The lowest BCUT2D eigenvalue weighted by Crippen LogP contribution is -2.42. The van der Waals surface area contributed by atoms with Gasteiger partial charge >= 0.3 is 0 Å². The first-order valence-corrected chi connectivity index (χ1v) is 16.2. The van der Waals surface area contributed by atoms with Crippen molar-refractivity contribution in [2.45, 2.75) is 23.6 Å². The van der Waals surface area contributed by atoms with E-state index in [1.807, 2.05) is 6.92 Å². The first-order valence-electron chi connectivity index (χ1n) is 12.9. The molecule has 4 rings (SSSR count). The number of anilines is 1. The third-order valence-corrected chi connectivity index (χ3v) is 10.6. The van der Waals surface area contributed by atoms with Gasteiger partial charge in [0, 0.05) is 18.1 Å². The highest BCUT2D eigenvalue weighted by Crippen LogP contribution is 2.28. The Morgan fingerprint density at radius 2 is 1.59 bits per heavy atom. The number of benzene rings is 3. The Labute approximate surface area is 245 Å². The summed E-state index contributed by atoms with van der Waals surface area (Å²) in [6.07, 6.45) is 0. The van der Waals surface area contributed by atoms with E-state index in [1.165, 1.54) is 34.6 Å². The maximum absolute atomic E-state index is 13.5. The number of carbonyl (C=O) groups is 1. The molecule has 0 atom stereocenters. The Hall–Kier alpha value is -3.16. The fraction of sp³-hybridized carbons (Fsp3) is 0.321. The van der Waals surface area contributed by atoms with Crippen molar-refractivity contribution in [2.75, 3.05) is 50.3 Å². The largest absolute Gasteiger partial charge is 0.492 e. The molecule has 3 aromatic carbocycles. The summed E-state index contributed by atoms with van der Waals surface area (Å²) in [4.78, 5) is 13.1. The number of ether oxygens (including phenoxy) is 2. The number of morpholine rings is 1. The minimum absolute atomic E-state index is 0.0509. The molecule has 1 saturated heterocycles. The van der Waals surface area contributed by atoms with E-state index in [9.17, 15) is 21.6 Å². The number of hydrogen-bond acceptors (Lipinski definition) is 7. The van der Waals surface area contributed by atoms with Gasteiger partial charge in [0.25, 0.3) is 10.0 Å². The predicted molar refractivity (Wildman–Crippen MR) is 156 cm³/mol. The van der Waals surface area contributed by atoms with Crippen LogP contribution in [0, 0.1) is 13.8 Å². The van der Waals surface area contributed by atoms with Gasteiger partial charge in [0.15, 0.2) is 0 Å². The SMILES string of the molecule is Cc1ccc(S(=O)(=O)N(CC(=O)NCCOc2ccc(S(=O)(=O)N3CCOCC3)cc2)c2ccc(C)c(Cl)c2)cc1. The number of carbonyl (C=O) groups excluding carboxylic acids is 1. The monoisotopic (exact) mass is 621 g/mol. The van der Waals surface area contributed by atoms with Gasteiger partial charge in [0.2, 0.25) is 15.9 Å². The number of sulfonamides is 2. The molecule has 41 heavy (non-hydrogen) atoms. The van der Waals surface area contributed by atoms with Crippen LogP contribution in [0.4, 0.5) is 5.69 Å². The molecule has 1 aliphatic rings. The van der Waals surface area contributed by atoms with Crippen LogP contribution in [0.1, 0.15) is 11.1 Å². The van der Waals surface area contributed by atoms with Crippen LogP contribution in [0.3, 0.4) is 0 Å². The van der Waals surface area contributed by atoms with Crippen molar-refractivity contribution in [1.82, 2.24) is 9.62 Å². The number of halogens is 1. The first-order chi connectivity index (χ1) is 19.5. The molecule has 1 fully saturated rings. The molecule has 10 nitrogen and oxygen atoms in total. The molecular weight excluding hydrogens is 590 g/mol. The second kappa shape index (κ2) is 13.2. The van der Waals surface area contributed by atoms with E-state index >= 15 is 0 Å². The van der Waals surface area contributed by atoms with Crippen molar-refractivity contribution in [2.24, 2.45) is 0 Å². The zero-order valence-corrected chi connectivity index (χ0v) is 25.1. The van der Waals surface area contributed by atoms with E-state index in [1.54, 1.807) is 43.3 Å². The van der Waals surface area contributed by atoms with Crippen LogP contribution in [-0.2, 0) is 29.6 Å². The number of nitrogens with one attached hydrogen (secondary N) is 1. The van der Waals surface area contributed by atoms with Gasteiger partial charge in [-0.2, -0.15) is 4.31 Å². The van der Waals surface area contributed by atoms with Crippen LogP contribution in [-0.4, -0.2) is 73.0 Å². The van der Waals surface area contributed by atoms with Gasteiger partial charge < -0.3 is 14.8 Å². The maximum Gasteiger partial charge on any atom is 0.264 e. The number of hydrogen-bond donors (Lipinski definition) is 1. The molecule has 1 amide bonds. The second-order valence-corrected chi connectivity index (χ2v) is 13.7. The van der Waals surface area contributed by atoms with Gasteiger partial charge in [-0.05, 0) is 67.9 Å². The van der Waals surface area contributed by atoms with E-state index < -0.39 is 32.5 Å². The second-order valence-electron chi connectivity index (χ2n) is 9.44. The summed E-state index contributed by atoms with van der Waals surface area (Å²) in [6, 6.07) is 17.2. The Morgan fingerprint density at radius 3 is 2.22 bits per heavy atom. The van der Waals surface area contributed by atoms with Crippen molar-refractivity contribution in [3.63, 3.8) is 0 Å². The Balaban J connectivity index is 1.37. The van der Waals surface area contributed by atoms with Crippen molar-refractivity contribution in [3.05, 3.63) is 82.9 Å². The van der Waals surface area contributed by atoms with Crippen molar-refractivity contribution >= 4 is 43.2 Å². The number of nitrogens with zero attached hydrogens (tertiary/aromatic N) is 2. The first kappa shape index (κ1) is 30.8. The van der Waals surface area contributed by atoms with Crippen molar-refractivity contribution < 1.29 is 31.1 Å². The molecule has 3 aromatic rings. The van der Waals surface area contributed by atoms with Gasteiger partial charge in [-0.25, -0.2) is 16.8 Å². The summed E-state index contributed by atoms with van der Waals surface area (Å²) < 4.78 is 65.8. The summed E-state index contributed by atoms with van der Waals surface area (Å²) in [5, 5.41) is 3.05. The molecular formula is C28H32ClN3O7S2. The average Bonchev–Trinajstić information content (AvgIpc) is 2.96. The van der Waals surface area contributed by atoms with E-state index in [4.69, 9.17) is 21.1 Å². The number of amides is 1. The lowest BCUT2D eigenvalue weighted by atomic mass is 10.2. The molecule has 1 aliphatic heterocycles. The van der Waals surface area contributed by atoms with Crippen LogP contribution < -0.4 is 14.4 Å².